The first-order chi connectivity index (χ1) is 15.3. The number of carbonyl (C=O) groups excluding carboxylic acids is 1. The van der Waals surface area contributed by atoms with E-state index in [0.717, 1.165) is 29.8 Å². The lowest BCUT2D eigenvalue weighted by atomic mass is 9.92. The number of hydrogen-bond acceptors (Lipinski definition) is 3. The maximum atomic E-state index is 12.7. The number of nitrogens with zero attached hydrogens (tertiary/aromatic N) is 2. The average Bonchev–Trinajstić information content (AvgIpc) is 3.11. The maximum Gasteiger partial charge on any atom is 0.223 e. The average molecular weight is 497 g/mol. The Balaban J connectivity index is 0.000000352. The van der Waals surface area contributed by atoms with E-state index in [9.17, 15) is 13.2 Å². The van der Waals surface area contributed by atoms with Gasteiger partial charge in [0.05, 0.1) is 11.8 Å². The Morgan fingerprint density at radius 2 is 1.66 bits per heavy atom. The molecule has 0 spiro atoms. The van der Waals surface area contributed by atoms with Crippen LogP contribution in [-0.2, 0) is 14.8 Å². The number of benzene rings is 2. The molecule has 2 aromatic carbocycles. The van der Waals surface area contributed by atoms with E-state index in [1.54, 1.807) is 4.31 Å². The summed E-state index contributed by atoms with van der Waals surface area (Å²) in [5, 5.41) is 1.47. The van der Waals surface area contributed by atoms with E-state index < -0.39 is 10.0 Å². The van der Waals surface area contributed by atoms with Gasteiger partial charge in [0.15, 0.2) is 0 Å². The summed E-state index contributed by atoms with van der Waals surface area (Å²) in [4.78, 5) is 14.6. The van der Waals surface area contributed by atoms with E-state index in [1.807, 2.05) is 66.4 Å². The predicted octanol–water partition coefficient (Wildman–Crippen LogP) is 5.55. The molecule has 0 saturated carbocycles. The number of piperidine rings is 1. The Labute approximate surface area is 201 Å². The molecule has 2 aliphatic rings. The monoisotopic (exact) mass is 496 g/mol. The van der Waals surface area contributed by atoms with Gasteiger partial charge in [-0.15, -0.1) is 0 Å². The summed E-state index contributed by atoms with van der Waals surface area (Å²) in [5.41, 5.74) is 1.07. The molecule has 0 N–H and O–H groups in total. The van der Waals surface area contributed by atoms with Gasteiger partial charge in [-0.25, -0.2) is 8.42 Å². The highest BCUT2D eigenvalue weighted by molar-refractivity contribution is 7.89. The quantitative estimate of drug-likeness (QED) is 0.545. The molecule has 0 radical (unpaired) electrons. The van der Waals surface area contributed by atoms with Crippen LogP contribution in [0.5, 0.6) is 0 Å². The third kappa shape index (κ3) is 6.47. The van der Waals surface area contributed by atoms with Crippen LogP contribution in [0.3, 0.4) is 0 Å². The van der Waals surface area contributed by atoms with Crippen molar-refractivity contribution in [2.24, 2.45) is 0 Å². The Morgan fingerprint density at radius 3 is 2.19 bits per heavy atom. The molecule has 2 aliphatic heterocycles. The van der Waals surface area contributed by atoms with Crippen molar-refractivity contribution in [2.45, 2.75) is 51.1 Å². The second kappa shape index (κ2) is 11.5. The minimum absolute atomic E-state index is 0.00576. The zero-order valence-electron chi connectivity index (χ0n) is 18.3. The van der Waals surface area contributed by atoms with Crippen LogP contribution < -0.4 is 0 Å². The van der Waals surface area contributed by atoms with Crippen LogP contribution in [0.2, 0.25) is 10.0 Å². The van der Waals surface area contributed by atoms with Crippen molar-refractivity contribution in [3.05, 3.63) is 70.2 Å². The van der Waals surface area contributed by atoms with E-state index in [0.29, 0.717) is 31.0 Å². The molecule has 2 atom stereocenters. The minimum atomic E-state index is -3.16. The highest BCUT2D eigenvalue weighted by atomic mass is 35.5. The molecule has 0 bridgehead atoms. The lowest BCUT2D eigenvalue weighted by Gasteiger charge is -2.42. The number of halogens is 2. The fourth-order valence-electron chi connectivity index (χ4n) is 4.32. The van der Waals surface area contributed by atoms with Crippen LogP contribution in [-0.4, -0.2) is 48.4 Å². The van der Waals surface area contributed by atoms with Crippen molar-refractivity contribution in [1.82, 2.24) is 9.21 Å². The number of likely N-dealkylation sites (tertiary alicyclic amines) is 1. The van der Waals surface area contributed by atoms with E-state index in [4.69, 9.17) is 23.2 Å². The Morgan fingerprint density at radius 1 is 1.00 bits per heavy atom. The summed E-state index contributed by atoms with van der Waals surface area (Å²) >= 11 is 11.5. The first-order valence-corrected chi connectivity index (χ1v) is 13.4. The number of sulfonamides is 1. The largest absolute Gasteiger partial charge is 0.331 e. The summed E-state index contributed by atoms with van der Waals surface area (Å²) in [6.45, 7) is 2.98. The zero-order chi connectivity index (χ0) is 23.1. The summed E-state index contributed by atoms with van der Waals surface area (Å²) in [6, 6.07) is 17.0. The Hall–Kier alpha value is -1.60. The van der Waals surface area contributed by atoms with Gasteiger partial charge in [-0.2, -0.15) is 4.31 Å². The molecule has 4 rings (SSSR count). The minimum Gasteiger partial charge on any atom is -0.331 e. The molecule has 8 heteroatoms. The molecule has 2 aromatic rings. The van der Waals surface area contributed by atoms with Gasteiger partial charge < -0.3 is 4.90 Å². The fourth-order valence-corrected chi connectivity index (χ4v) is 6.15. The normalized spacial score (nSPS) is 21.7. The standard InChI is InChI=1S/C18H25ClN2O3S.C6H5Cl/c1-2-16(13-20-11-4-12-25(20,23)24)21-17(5-3-6-18(21)22)14-7-9-15(19)10-8-14;7-6-4-2-1-3-5-6/h7-10,16-17H,2-6,11-13H2,1H3;1-5H. The van der Waals surface area contributed by atoms with Crippen LogP contribution in [0.4, 0.5) is 0 Å². The molecule has 2 saturated heterocycles. The van der Waals surface area contributed by atoms with E-state index >= 15 is 0 Å². The van der Waals surface area contributed by atoms with Gasteiger partial charge in [-0.1, -0.05) is 60.5 Å². The molecule has 0 aromatic heterocycles. The molecule has 32 heavy (non-hydrogen) atoms. The van der Waals surface area contributed by atoms with Crippen molar-refractivity contribution >= 4 is 39.1 Å². The molecule has 5 nitrogen and oxygen atoms in total. The van der Waals surface area contributed by atoms with Crippen molar-refractivity contribution in [3.8, 4) is 0 Å². The van der Waals surface area contributed by atoms with Gasteiger partial charge in [0.1, 0.15) is 0 Å². The van der Waals surface area contributed by atoms with Crippen molar-refractivity contribution in [3.63, 3.8) is 0 Å². The first kappa shape index (κ1) is 25.0. The molecule has 2 heterocycles. The second-order valence-electron chi connectivity index (χ2n) is 8.15. The van der Waals surface area contributed by atoms with Crippen LogP contribution in [0, 0.1) is 0 Å². The SMILES string of the molecule is CCC(CN1CCCS1(=O)=O)N1C(=O)CCCC1c1ccc(Cl)cc1.Clc1ccccc1. The summed E-state index contributed by atoms with van der Waals surface area (Å²) in [7, 11) is -3.16. The number of amides is 1. The van der Waals surface area contributed by atoms with Crippen LogP contribution in [0.1, 0.15) is 50.6 Å². The highest BCUT2D eigenvalue weighted by Crippen LogP contribution is 2.35. The number of hydrogen-bond donors (Lipinski definition) is 0. The topological polar surface area (TPSA) is 57.7 Å². The molecule has 0 aliphatic carbocycles. The first-order valence-electron chi connectivity index (χ1n) is 11.1. The van der Waals surface area contributed by atoms with Gasteiger partial charge in [0.2, 0.25) is 15.9 Å². The molecule has 1 amide bonds. The fraction of sp³-hybridized carbons (Fsp3) is 0.458. The smallest absolute Gasteiger partial charge is 0.223 e. The molecule has 174 valence electrons. The Kier molecular flexibility index (Phi) is 9.00. The van der Waals surface area contributed by atoms with Crippen molar-refractivity contribution in [1.29, 1.82) is 0 Å². The number of carbonyl (C=O) groups is 1. The number of rotatable bonds is 5. The van der Waals surface area contributed by atoms with Gasteiger partial charge in [-0.3, -0.25) is 4.79 Å². The van der Waals surface area contributed by atoms with Crippen LogP contribution >= 0.6 is 23.2 Å². The maximum absolute atomic E-state index is 12.7. The lowest BCUT2D eigenvalue weighted by Crippen LogP contribution is -2.50. The molecular weight excluding hydrogens is 467 g/mol. The molecule has 2 fully saturated rings. The van der Waals surface area contributed by atoms with Crippen molar-refractivity contribution < 1.29 is 13.2 Å². The van der Waals surface area contributed by atoms with Gasteiger partial charge in [0, 0.05) is 35.6 Å². The van der Waals surface area contributed by atoms with E-state index in [-0.39, 0.29) is 23.7 Å². The van der Waals surface area contributed by atoms with Gasteiger partial charge in [-0.05, 0) is 55.5 Å². The predicted molar refractivity (Wildman–Crippen MR) is 130 cm³/mol. The zero-order valence-corrected chi connectivity index (χ0v) is 20.6. The van der Waals surface area contributed by atoms with Crippen LogP contribution in [0.15, 0.2) is 54.6 Å². The Bertz CT molecular complexity index is 984. The molecule has 2 unspecified atom stereocenters. The van der Waals surface area contributed by atoms with E-state index in [2.05, 4.69) is 0 Å². The van der Waals surface area contributed by atoms with Crippen molar-refractivity contribution in [2.75, 3.05) is 18.8 Å². The summed E-state index contributed by atoms with van der Waals surface area (Å²) in [6.07, 6.45) is 3.71. The molecular formula is C24H30Cl2N2O3S. The van der Waals surface area contributed by atoms with Crippen LogP contribution in [0.25, 0.3) is 0 Å². The third-order valence-corrected chi connectivity index (χ3v) is 8.39. The van der Waals surface area contributed by atoms with Gasteiger partial charge in [0.25, 0.3) is 0 Å². The highest BCUT2D eigenvalue weighted by Gasteiger charge is 2.37. The summed E-state index contributed by atoms with van der Waals surface area (Å²) < 4.78 is 25.9. The second-order valence-corrected chi connectivity index (χ2v) is 11.1. The van der Waals surface area contributed by atoms with E-state index in [1.165, 1.54) is 0 Å². The third-order valence-electron chi connectivity index (χ3n) is 5.96. The summed E-state index contributed by atoms with van der Waals surface area (Å²) in [5.74, 6) is 0.340. The lowest BCUT2D eigenvalue weighted by molar-refractivity contribution is -0.140. The van der Waals surface area contributed by atoms with Gasteiger partial charge >= 0.3 is 0 Å².